The first-order valence-electron chi connectivity index (χ1n) is 6.39. The fraction of sp³-hybridized carbons (Fsp3) is 0.857. The second kappa shape index (κ2) is 3.82. The second-order valence-electron chi connectivity index (χ2n) is 6.60. The van der Waals surface area contributed by atoms with E-state index in [1.807, 2.05) is 0 Å². The van der Waals surface area contributed by atoms with E-state index in [0.717, 1.165) is 19.1 Å². The van der Waals surface area contributed by atoms with Crippen LogP contribution in [0.5, 0.6) is 0 Å². The third-order valence-electron chi connectivity index (χ3n) is 5.48. The molecule has 0 amide bonds. The summed E-state index contributed by atoms with van der Waals surface area (Å²) in [5.41, 5.74) is 0.503. The molecule has 0 unspecified atom stereocenters. The van der Waals surface area contributed by atoms with Crippen molar-refractivity contribution in [3.05, 3.63) is 0 Å². The minimum absolute atomic E-state index is 0.144. The number of carbonyl (C=O) groups excluding carboxylic acids is 2. The molecule has 17 heavy (non-hydrogen) atoms. The molecule has 0 aromatic rings. The van der Waals surface area contributed by atoms with E-state index >= 15 is 0 Å². The molecular weight excluding hydrogens is 216 g/mol. The van der Waals surface area contributed by atoms with Gasteiger partial charge in [0.25, 0.3) is 0 Å². The van der Waals surface area contributed by atoms with Gasteiger partial charge in [0.15, 0.2) is 0 Å². The molecule has 0 N–H and O–H groups in total. The first-order chi connectivity index (χ1) is 7.89. The molecule has 2 aliphatic rings. The second-order valence-corrected chi connectivity index (χ2v) is 6.60. The maximum absolute atomic E-state index is 11.6. The zero-order chi connectivity index (χ0) is 12.7. The van der Waals surface area contributed by atoms with Crippen molar-refractivity contribution in [2.75, 3.05) is 7.11 Å². The highest BCUT2D eigenvalue weighted by molar-refractivity contribution is 5.71. The number of aldehydes is 1. The fourth-order valence-corrected chi connectivity index (χ4v) is 4.20. The monoisotopic (exact) mass is 238 g/mol. The van der Waals surface area contributed by atoms with Crippen molar-refractivity contribution in [1.29, 1.82) is 0 Å². The Balaban J connectivity index is 2.20. The first-order valence-corrected chi connectivity index (χ1v) is 6.39. The van der Waals surface area contributed by atoms with Crippen LogP contribution < -0.4 is 0 Å². The Hall–Kier alpha value is -0.860. The maximum atomic E-state index is 11.6. The lowest BCUT2D eigenvalue weighted by Crippen LogP contribution is -2.42. The molecule has 0 radical (unpaired) electrons. The quantitative estimate of drug-likeness (QED) is 0.558. The molecule has 0 aliphatic heterocycles. The molecule has 96 valence electrons. The van der Waals surface area contributed by atoms with Crippen LogP contribution in [0.1, 0.15) is 52.4 Å². The summed E-state index contributed by atoms with van der Waals surface area (Å²) in [4.78, 5) is 22.5. The van der Waals surface area contributed by atoms with Gasteiger partial charge >= 0.3 is 5.97 Å². The van der Waals surface area contributed by atoms with E-state index in [4.69, 9.17) is 4.74 Å². The number of methoxy groups -OCH3 is 1. The molecule has 0 bridgehead atoms. The van der Waals surface area contributed by atoms with Crippen LogP contribution in [0, 0.1) is 16.2 Å². The van der Waals surface area contributed by atoms with Gasteiger partial charge in [-0.2, -0.15) is 0 Å². The van der Waals surface area contributed by atoms with Gasteiger partial charge in [-0.3, -0.25) is 4.79 Å². The van der Waals surface area contributed by atoms with Gasteiger partial charge in [-0.1, -0.05) is 13.8 Å². The van der Waals surface area contributed by atoms with Crippen LogP contribution in [-0.4, -0.2) is 19.4 Å². The zero-order valence-electron chi connectivity index (χ0n) is 11.0. The smallest absolute Gasteiger partial charge is 0.306 e. The molecule has 3 heteroatoms. The molecule has 2 fully saturated rings. The third kappa shape index (κ3) is 1.80. The Morgan fingerprint density at radius 1 is 1.24 bits per heavy atom. The van der Waals surface area contributed by atoms with Gasteiger partial charge in [0, 0.05) is 6.42 Å². The highest BCUT2D eigenvalue weighted by Gasteiger charge is 2.63. The van der Waals surface area contributed by atoms with Gasteiger partial charge in [0.05, 0.1) is 13.5 Å². The number of ether oxygens (including phenoxy) is 1. The SMILES string of the molecule is COC(=O)C[C@]1(CC=O)C[C@]2(C)CC[C@]2(C)C1. The number of hydrogen-bond acceptors (Lipinski definition) is 3. The van der Waals surface area contributed by atoms with E-state index in [1.54, 1.807) is 0 Å². The van der Waals surface area contributed by atoms with Crippen molar-refractivity contribution in [1.82, 2.24) is 0 Å². The first kappa shape index (κ1) is 12.6. The molecule has 0 aromatic carbocycles. The highest BCUT2D eigenvalue weighted by atomic mass is 16.5. The Bertz CT molecular complexity index is 331. The lowest BCUT2D eigenvalue weighted by molar-refractivity contribution is -0.143. The molecule has 2 aliphatic carbocycles. The number of esters is 1. The third-order valence-corrected chi connectivity index (χ3v) is 5.48. The van der Waals surface area contributed by atoms with E-state index in [-0.39, 0.29) is 11.4 Å². The topological polar surface area (TPSA) is 43.4 Å². The summed E-state index contributed by atoms with van der Waals surface area (Å²) >= 11 is 0. The van der Waals surface area contributed by atoms with Crippen LogP contribution in [0.15, 0.2) is 0 Å². The Labute approximate surface area is 103 Å². The van der Waals surface area contributed by atoms with Crippen molar-refractivity contribution < 1.29 is 14.3 Å². The summed E-state index contributed by atoms with van der Waals surface area (Å²) in [6.07, 6.45) is 6.30. The molecule has 3 atom stereocenters. The van der Waals surface area contributed by atoms with Gasteiger partial charge in [0.2, 0.25) is 0 Å². The summed E-state index contributed by atoms with van der Waals surface area (Å²) in [5.74, 6) is -0.180. The van der Waals surface area contributed by atoms with Gasteiger partial charge in [-0.15, -0.1) is 0 Å². The molecule has 2 saturated carbocycles. The van der Waals surface area contributed by atoms with Crippen molar-refractivity contribution in [3.8, 4) is 0 Å². The minimum Gasteiger partial charge on any atom is -0.469 e. The summed E-state index contributed by atoms with van der Waals surface area (Å²) in [6.45, 7) is 4.61. The highest BCUT2D eigenvalue weighted by Crippen LogP contribution is 2.72. The molecule has 0 heterocycles. The lowest BCUT2D eigenvalue weighted by atomic mass is 9.53. The Morgan fingerprint density at radius 2 is 1.76 bits per heavy atom. The molecule has 0 saturated heterocycles. The average molecular weight is 238 g/mol. The van der Waals surface area contributed by atoms with Crippen LogP contribution in [0.2, 0.25) is 0 Å². The van der Waals surface area contributed by atoms with Crippen LogP contribution in [0.4, 0.5) is 0 Å². The Morgan fingerprint density at radius 3 is 2.12 bits per heavy atom. The predicted molar refractivity (Wildman–Crippen MR) is 64.4 cm³/mol. The molecule has 0 spiro atoms. The summed E-state index contributed by atoms with van der Waals surface area (Å²) < 4.78 is 4.79. The summed E-state index contributed by atoms with van der Waals surface area (Å²) in [6, 6.07) is 0. The Kier molecular flexibility index (Phi) is 2.83. The molecule has 2 rings (SSSR count). The van der Waals surface area contributed by atoms with Crippen molar-refractivity contribution in [3.63, 3.8) is 0 Å². The normalized spacial score (nSPS) is 43.7. The van der Waals surface area contributed by atoms with E-state index in [1.165, 1.54) is 20.0 Å². The van der Waals surface area contributed by atoms with E-state index in [0.29, 0.717) is 23.7 Å². The number of rotatable bonds is 4. The molecule has 0 aromatic heterocycles. The predicted octanol–water partition coefficient (Wildman–Crippen LogP) is 2.73. The molecule has 3 nitrogen and oxygen atoms in total. The van der Waals surface area contributed by atoms with Crippen LogP contribution in [0.25, 0.3) is 0 Å². The van der Waals surface area contributed by atoms with Gasteiger partial charge in [0.1, 0.15) is 6.29 Å². The summed E-state index contributed by atoms with van der Waals surface area (Å²) in [5, 5.41) is 0. The molecular formula is C14H22O3. The van der Waals surface area contributed by atoms with Crippen molar-refractivity contribution in [2.24, 2.45) is 16.2 Å². The number of carbonyl (C=O) groups is 2. The number of hydrogen-bond donors (Lipinski definition) is 0. The average Bonchev–Trinajstić information content (AvgIpc) is 2.39. The van der Waals surface area contributed by atoms with Gasteiger partial charge < -0.3 is 9.53 Å². The summed E-state index contributed by atoms with van der Waals surface area (Å²) in [7, 11) is 1.42. The van der Waals surface area contributed by atoms with Crippen LogP contribution >= 0.6 is 0 Å². The lowest BCUT2D eigenvalue weighted by Gasteiger charge is -2.52. The van der Waals surface area contributed by atoms with Crippen LogP contribution in [-0.2, 0) is 14.3 Å². The van der Waals surface area contributed by atoms with E-state index in [2.05, 4.69) is 13.8 Å². The number of fused-ring (bicyclic) bond motifs is 1. The largest absolute Gasteiger partial charge is 0.469 e. The fourth-order valence-electron chi connectivity index (χ4n) is 4.20. The van der Waals surface area contributed by atoms with E-state index in [9.17, 15) is 9.59 Å². The van der Waals surface area contributed by atoms with E-state index < -0.39 is 0 Å². The van der Waals surface area contributed by atoms with Gasteiger partial charge in [-0.05, 0) is 41.9 Å². The van der Waals surface area contributed by atoms with Crippen molar-refractivity contribution in [2.45, 2.75) is 52.4 Å². The minimum atomic E-state index is -0.180. The zero-order valence-corrected chi connectivity index (χ0v) is 11.0. The maximum Gasteiger partial charge on any atom is 0.306 e. The standard InChI is InChI=1S/C14H22O3/c1-12-4-5-13(12,2)10-14(9-12,6-7-15)8-11(16)17-3/h7H,4-6,8-10H2,1-3H3/t12-,13+,14+. The van der Waals surface area contributed by atoms with Crippen LogP contribution in [0.3, 0.4) is 0 Å². The van der Waals surface area contributed by atoms with Gasteiger partial charge in [-0.25, -0.2) is 0 Å². The van der Waals surface area contributed by atoms with Crippen molar-refractivity contribution >= 4 is 12.3 Å².